The lowest BCUT2D eigenvalue weighted by molar-refractivity contribution is 0.0385. The number of carbonyl (C=O) groups excluding carboxylic acids is 1. The molecule has 20 heavy (non-hydrogen) atoms. The van der Waals surface area contributed by atoms with Gasteiger partial charge in [0.25, 0.3) is 5.91 Å². The number of fused-ring (bicyclic) bond motifs is 1. The van der Waals surface area contributed by atoms with Crippen molar-refractivity contribution in [2.45, 2.75) is 44.6 Å². The number of hydrogen-bond acceptors (Lipinski definition) is 4. The molecule has 2 fully saturated rings. The van der Waals surface area contributed by atoms with E-state index in [1.54, 1.807) is 18.3 Å². The van der Waals surface area contributed by atoms with Crippen LogP contribution in [-0.2, 0) is 0 Å². The summed E-state index contributed by atoms with van der Waals surface area (Å²) in [6.45, 7) is 0.863. The van der Waals surface area contributed by atoms with E-state index in [0.717, 1.165) is 25.1 Å². The van der Waals surface area contributed by atoms with E-state index in [2.05, 4.69) is 15.3 Å². The zero-order chi connectivity index (χ0) is 13.9. The van der Waals surface area contributed by atoms with Crippen LogP contribution < -0.4 is 11.3 Å². The molecule has 1 saturated heterocycles. The predicted octanol–water partition coefficient (Wildman–Crippen LogP) is 2.16. The number of amides is 1. The summed E-state index contributed by atoms with van der Waals surface area (Å²) in [7, 11) is 0. The highest BCUT2D eigenvalue weighted by atomic mass is 16.2. The summed E-state index contributed by atoms with van der Waals surface area (Å²) in [6, 6.07) is 3.91. The predicted molar refractivity (Wildman–Crippen MR) is 78.1 cm³/mol. The third-order valence-corrected chi connectivity index (χ3v) is 4.65. The molecule has 0 radical (unpaired) electrons. The normalized spacial score (nSPS) is 25.9. The maximum atomic E-state index is 12.7. The van der Waals surface area contributed by atoms with Gasteiger partial charge >= 0.3 is 0 Å². The number of anilines is 1. The molecule has 108 valence electrons. The number of nitrogens with two attached hydrogens (primary N) is 1. The van der Waals surface area contributed by atoms with E-state index in [9.17, 15) is 4.79 Å². The first-order valence-corrected chi connectivity index (χ1v) is 7.53. The molecule has 1 amide bonds. The van der Waals surface area contributed by atoms with E-state index in [1.807, 2.05) is 0 Å². The van der Waals surface area contributed by atoms with E-state index in [-0.39, 0.29) is 5.91 Å². The Hall–Kier alpha value is -1.62. The Bertz CT molecular complexity index is 489. The summed E-state index contributed by atoms with van der Waals surface area (Å²) >= 11 is 0. The van der Waals surface area contributed by atoms with Crippen LogP contribution >= 0.6 is 0 Å². The van der Waals surface area contributed by atoms with Crippen molar-refractivity contribution in [2.24, 2.45) is 11.8 Å². The Morgan fingerprint density at radius 2 is 2.10 bits per heavy atom. The lowest BCUT2D eigenvalue weighted by atomic mass is 9.78. The molecule has 5 heteroatoms. The smallest absolute Gasteiger partial charge is 0.272 e. The maximum Gasteiger partial charge on any atom is 0.272 e. The van der Waals surface area contributed by atoms with Gasteiger partial charge in [0.15, 0.2) is 0 Å². The van der Waals surface area contributed by atoms with Gasteiger partial charge in [-0.05, 0) is 43.7 Å². The summed E-state index contributed by atoms with van der Waals surface area (Å²) < 4.78 is 0. The number of hydrogen-bond donors (Lipinski definition) is 2. The Kier molecular flexibility index (Phi) is 3.87. The van der Waals surface area contributed by atoms with Crippen LogP contribution in [0.4, 0.5) is 5.69 Å². The van der Waals surface area contributed by atoms with Crippen molar-refractivity contribution in [3.05, 3.63) is 24.0 Å². The minimum Gasteiger partial charge on any atom is -0.334 e. The van der Waals surface area contributed by atoms with Crippen molar-refractivity contribution in [1.82, 2.24) is 9.88 Å². The fraction of sp³-hybridized carbons (Fsp3) is 0.600. The van der Waals surface area contributed by atoms with Crippen molar-refractivity contribution in [1.29, 1.82) is 0 Å². The fourth-order valence-electron chi connectivity index (χ4n) is 3.66. The van der Waals surface area contributed by atoms with Crippen LogP contribution in [0.5, 0.6) is 0 Å². The number of aromatic nitrogens is 1. The number of nitrogen functional groups attached to an aromatic ring is 1. The molecule has 5 nitrogen and oxygen atoms in total. The second-order valence-corrected chi connectivity index (χ2v) is 5.83. The molecule has 0 spiro atoms. The second-order valence-electron chi connectivity index (χ2n) is 5.83. The fourth-order valence-corrected chi connectivity index (χ4v) is 3.66. The number of carbonyl (C=O) groups is 1. The van der Waals surface area contributed by atoms with E-state index >= 15 is 0 Å². The highest BCUT2D eigenvalue weighted by molar-refractivity contribution is 5.93. The molecule has 1 aromatic heterocycles. The first-order valence-electron chi connectivity index (χ1n) is 7.53. The number of piperidine rings is 1. The van der Waals surface area contributed by atoms with Gasteiger partial charge in [0.2, 0.25) is 0 Å². The van der Waals surface area contributed by atoms with E-state index in [1.165, 1.54) is 25.7 Å². The van der Waals surface area contributed by atoms with Crippen molar-refractivity contribution >= 4 is 11.6 Å². The van der Waals surface area contributed by atoms with Gasteiger partial charge in [0.1, 0.15) is 5.69 Å². The number of nitrogens with one attached hydrogen (secondary N) is 1. The van der Waals surface area contributed by atoms with Crippen molar-refractivity contribution < 1.29 is 4.79 Å². The SMILES string of the molecule is NNc1ccnc(C(=O)N2CCCC3CCCCC32)c1. The number of hydrazine groups is 1. The van der Waals surface area contributed by atoms with Gasteiger partial charge in [0, 0.05) is 18.8 Å². The molecule has 1 aromatic rings. The average Bonchev–Trinajstić information content (AvgIpc) is 2.53. The third-order valence-electron chi connectivity index (χ3n) is 4.65. The van der Waals surface area contributed by atoms with Gasteiger partial charge in [-0.2, -0.15) is 0 Å². The lowest BCUT2D eigenvalue weighted by Crippen LogP contribution is -2.49. The summed E-state index contributed by atoms with van der Waals surface area (Å²) in [5, 5.41) is 0. The highest BCUT2D eigenvalue weighted by Crippen LogP contribution is 2.35. The number of pyridine rings is 1. The van der Waals surface area contributed by atoms with Gasteiger partial charge in [-0.25, -0.2) is 0 Å². The highest BCUT2D eigenvalue weighted by Gasteiger charge is 2.36. The minimum atomic E-state index is 0.0544. The molecule has 0 bridgehead atoms. The van der Waals surface area contributed by atoms with Crippen LogP contribution in [0.2, 0.25) is 0 Å². The zero-order valence-corrected chi connectivity index (χ0v) is 11.7. The molecule has 3 N–H and O–H groups in total. The Labute approximate surface area is 119 Å². The molecular formula is C15H22N4O. The van der Waals surface area contributed by atoms with E-state index < -0.39 is 0 Å². The zero-order valence-electron chi connectivity index (χ0n) is 11.7. The van der Waals surface area contributed by atoms with Gasteiger partial charge in [-0.15, -0.1) is 0 Å². The second kappa shape index (κ2) is 5.79. The van der Waals surface area contributed by atoms with E-state index in [4.69, 9.17) is 5.84 Å². The third kappa shape index (κ3) is 2.50. The summed E-state index contributed by atoms with van der Waals surface area (Å²) in [5.41, 5.74) is 3.79. The van der Waals surface area contributed by atoms with Gasteiger partial charge in [-0.3, -0.25) is 15.6 Å². The lowest BCUT2D eigenvalue weighted by Gasteiger charge is -2.44. The van der Waals surface area contributed by atoms with Crippen LogP contribution in [0, 0.1) is 5.92 Å². The van der Waals surface area contributed by atoms with Gasteiger partial charge in [-0.1, -0.05) is 12.8 Å². The minimum absolute atomic E-state index is 0.0544. The molecule has 2 unspecified atom stereocenters. The number of likely N-dealkylation sites (tertiary alicyclic amines) is 1. The molecule has 0 aromatic carbocycles. The van der Waals surface area contributed by atoms with Crippen molar-refractivity contribution in [3.63, 3.8) is 0 Å². The summed E-state index contributed by atoms with van der Waals surface area (Å²) in [4.78, 5) is 19.0. The molecule has 2 atom stereocenters. The monoisotopic (exact) mass is 274 g/mol. The topological polar surface area (TPSA) is 71.2 Å². The maximum absolute atomic E-state index is 12.7. The molecular weight excluding hydrogens is 252 g/mol. The Morgan fingerprint density at radius 1 is 1.30 bits per heavy atom. The van der Waals surface area contributed by atoms with Gasteiger partial charge < -0.3 is 10.3 Å². The summed E-state index contributed by atoms with van der Waals surface area (Å²) in [6.07, 6.45) is 8.98. The molecule has 1 aliphatic heterocycles. The first-order chi connectivity index (χ1) is 9.79. The first kappa shape index (κ1) is 13.4. The van der Waals surface area contributed by atoms with Crippen molar-refractivity contribution in [2.75, 3.05) is 12.0 Å². The number of rotatable bonds is 2. The molecule has 3 rings (SSSR count). The van der Waals surface area contributed by atoms with Crippen LogP contribution in [-0.4, -0.2) is 28.4 Å². The van der Waals surface area contributed by atoms with Crippen LogP contribution in [0.15, 0.2) is 18.3 Å². The van der Waals surface area contributed by atoms with Crippen LogP contribution in [0.1, 0.15) is 49.0 Å². The van der Waals surface area contributed by atoms with Crippen LogP contribution in [0.3, 0.4) is 0 Å². The molecule has 2 heterocycles. The average molecular weight is 274 g/mol. The Balaban J connectivity index is 1.81. The Morgan fingerprint density at radius 3 is 2.95 bits per heavy atom. The van der Waals surface area contributed by atoms with E-state index in [0.29, 0.717) is 17.7 Å². The molecule has 1 aliphatic carbocycles. The quantitative estimate of drug-likeness (QED) is 0.640. The van der Waals surface area contributed by atoms with Crippen molar-refractivity contribution in [3.8, 4) is 0 Å². The summed E-state index contributed by atoms with van der Waals surface area (Å²) in [5.74, 6) is 6.15. The standard InChI is InChI=1S/C15H22N4O/c16-18-12-7-8-17-13(10-12)15(20)19-9-3-5-11-4-1-2-6-14(11)19/h7-8,10-11,14H,1-6,9,16H2,(H,17,18). The van der Waals surface area contributed by atoms with Crippen LogP contribution in [0.25, 0.3) is 0 Å². The van der Waals surface area contributed by atoms with Gasteiger partial charge in [0.05, 0.1) is 5.69 Å². The largest absolute Gasteiger partial charge is 0.334 e. The molecule has 2 aliphatic rings. The number of nitrogens with zero attached hydrogens (tertiary/aromatic N) is 2. The molecule has 1 saturated carbocycles.